The van der Waals surface area contributed by atoms with E-state index in [0.29, 0.717) is 17.5 Å². The first-order valence-corrected chi connectivity index (χ1v) is 9.00. The number of amides is 1. The molecule has 0 atom stereocenters. The quantitative estimate of drug-likeness (QED) is 0.895. The van der Waals surface area contributed by atoms with E-state index in [4.69, 9.17) is 9.26 Å². The summed E-state index contributed by atoms with van der Waals surface area (Å²) in [6.07, 6.45) is 10.6. The summed E-state index contributed by atoms with van der Waals surface area (Å²) in [5, 5.41) is 7.06. The molecule has 2 aromatic rings. The van der Waals surface area contributed by atoms with Gasteiger partial charge in [-0.05, 0) is 42.5 Å². The number of methoxy groups -OCH3 is 1. The highest BCUT2D eigenvalue weighted by atomic mass is 16.5. The summed E-state index contributed by atoms with van der Waals surface area (Å²) in [5.74, 6) is 1.42. The lowest BCUT2D eigenvalue weighted by molar-refractivity contribution is -0.122. The van der Waals surface area contributed by atoms with Gasteiger partial charge in [0.05, 0.1) is 12.5 Å². The third-order valence-corrected chi connectivity index (χ3v) is 5.42. The van der Waals surface area contributed by atoms with Crippen LogP contribution in [0.15, 0.2) is 29.0 Å². The van der Waals surface area contributed by atoms with Gasteiger partial charge in [0.2, 0.25) is 5.91 Å². The van der Waals surface area contributed by atoms with E-state index in [9.17, 15) is 4.79 Å². The zero-order valence-electron chi connectivity index (χ0n) is 14.5. The van der Waals surface area contributed by atoms with Gasteiger partial charge >= 0.3 is 0 Å². The van der Waals surface area contributed by atoms with Gasteiger partial charge in [0.1, 0.15) is 5.69 Å². The molecule has 1 amide bonds. The lowest BCUT2D eigenvalue weighted by Crippen LogP contribution is -2.42. The molecule has 2 fully saturated rings. The van der Waals surface area contributed by atoms with Crippen molar-refractivity contribution in [3.63, 3.8) is 0 Å². The van der Waals surface area contributed by atoms with E-state index in [1.165, 1.54) is 6.42 Å². The normalized spacial score (nSPS) is 19.4. The first-order chi connectivity index (χ1) is 12.2. The maximum Gasteiger partial charge on any atom is 0.278 e. The molecule has 1 N–H and O–H groups in total. The maximum atomic E-state index is 13.4. The van der Waals surface area contributed by atoms with Crippen molar-refractivity contribution >= 4 is 11.6 Å². The molecule has 2 aromatic heterocycles. The number of aromatic nitrogens is 2. The molecule has 0 radical (unpaired) electrons. The van der Waals surface area contributed by atoms with Crippen LogP contribution in [-0.4, -0.2) is 23.2 Å². The molecule has 4 rings (SSSR count). The lowest BCUT2D eigenvalue weighted by Gasteiger charge is -2.36. The van der Waals surface area contributed by atoms with Crippen LogP contribution in [0.5, 0.6) is 5.88 Å². The summed E-state index contributed by atoms with van der Waals surface area (Å²) < 4.78 is 10.7. The van der Waals surface area contributed by atoms with Crippen LogP contribution < -0.4 is 10.1 Å². The number of hydrogen-bond acceptors (Lipinski definition) is 5. The van der Waals surface area contributed by atoms with E-state index in [1.54, 1.807) is 13.3 Å². The number of carbonyl (C=O) groups is 1. The van der Waals surface area contributed by atoms with E-state index in [-0.39, 0.29) is 5.91 Å². The number of anilines is 1. The van der Waals surface area contributed by atoms with Gasteiger partial charge < -0.3 is 14.6 Å². The van der Waals surface area contributed by atoms with E-state index >= 15 is 0 Å². The predicted octanol–water partition coefficient (Wildman–Crippen LogP) is 3.80. The van der Waals surface area contributed by atoms with Gasteiger partial charge in [-0.2, -0.15) is 0 Å². The number of nitrogens with one attached hydrogen (secondary N) is 1. The van der Waals surface area contributed by atoms with Gasteiger partial charge in [0.25, 0.3) is 5.88 Å². The van der Waals surface area contributed by atoms with E-state index in [1.807, 2.05) is 18.3 Å². The van der Waals surface area contributed by atoms with Crippen LogP contribution in [0.3, 0.4) is 0 Å². The van der Waals surface area contributed by atoms with Crippen molar-refractivity contribution in [3.05, 3.63) is 35.9 Å². The molecule has 0 aromatic carbocycles. The fourth-order valence-corrected chi connectivity index (χ4v) is 3.85. The molecule has 25 heavy (non-hydrogen) atoms. The Morgan fingerprint density at radius 1 is 1.32 bits per heavy atom. The van der Waals surface area contributed by atoms with Crippen molar-refractivity contribution in [2.24, 2.45) is 0 Å². The molecule has 2 heterocycles. The van der Waals surface area contributed by atoms with Crippen LogP contribution in [0.4, 0.5) is 5.69 Å². The van der Waals surface area contributed by atoms with E-state index in [2.05, 4.69) is 15.5 Å². The largest absolute Gasteiger partial charge is 0.477 e. The van der Waals surface area contributed by atoms with Gasteiger partial charge in [-0.3, -0.25) is 9.78 Å². The number of rotatable bonds is 5. The Morgan fingerprint density at radius 2 is 2.12 bits per heavy atom. The molecular weight excluding hydrogens is 318 g/mol. The molecule has 132 valence electrons. The van der Waals surface area contributed by atoms with Crippen LogP contribution in [0.2, 0.25) is 0 Å². The molecule has 0 unspecified atom stereocenters. The molecule has 0 spiro atoms. The summed E-state index contributed by atoms with van der Waals surface area (Å²) in [7, 11) is 1.54. The van der Waals surface area contributed by atoms with Crippen LogP contribution in [0.1, 0.15) is 62.2 Å². The third-order valence-electron chi connectivity index (χ3n) is 5.42. The Balaban J connectivity index is 1.67. The molecule has 6 nitrogen and oxygen atoms in total. The van der Waals surface area contributed by atoms with Crippen LogP contribution >= 0.6 is 0 Å². The number of pyridine rings is 1. The topological polar surface area (TPSA) is 77.3 Å². The smallest absolute Gasteiger partial charge is 0.278 e. The predicted molar refractivity (Wildman–Crippen MR) is 92.7 cm³/mol. The minimum atomic E-state index is -0.546. The van der Waals surface area contributed by atoms with Crippen molar-refractivity contribution in [3.8, 4) is 5.88 Å². The summed E-state index contributed by atoms with van der Waals surface area (Å²) in [6.45, 7) is 0. The molecular formula is C19H23N3O3. The Bertz CT molecular complexity index is 747. The molecule has 6 heteroatoms. The fourth-order valence-electron chi connectivity index (χ4n) is 3.85. The van der Waals surface area contributed by atoms with Crippen molar-refractivity contribution in [2.45, 2.75) is 56.3 Å². The SMILES string of the molecule is COc1noc(C2CC2)c1NC(=O)C1(c2cccnc2)CCCCC1. The number of hydrogen-bond donors (Lipinski definition) is 1. The summed E-state index contributed by atoms with van der Waals surface area (Å²) >= 11 is 0. The molecule has 0 saturated heterocycles. The van der Waals surface area contributed by atoms with Crippen LogP contribution in [0.25, 0.3) is 0 Å². The minimum absolute atomic E-state index is 0.0106. The van der Waals surface area contributed by atoms with E-state index in [0.717, 1.165) is 49.8 Å². The maximum absolute atomic E-state index is 13.4. The Hall–Kier alpha value is -2.37. The zero-order valence-corrected chi connectivity index (χ0v) is 14.5. The zero-order chi connectivity index (χ0) is 17.3. The molecule has 0 aliphatic heterocycles. The standard InChI is InChI=1S/C19H23N3O3/c1-24-17-15(16(25-22-17)13-7-8-13)21-18(23)19(9-3-2-4-10-19)14-6-5-11-20-12-14/h5-6,11-13H,2-4,7-10H2,1H3,(H,21,23). The molecule has 2 aliphatic carbocycles. The molecule has 0 bridgehead atoms. The molecule has 2 aliphatic rings. The third kappa shape index (κ3) is 2.90. The average Bonchev–Trinajstić information content (AvgIpc) is 3.44. The van der Waals surface area contributed by atoms with Crippen molar-refractivity contribution < 1.29 is 14.1 Å². The van der Waals surface area contributed by atoms with E-state index < -0.39 is 5.41 Å². The second kappa shape index (κ2) is 6.50. The lowest BCUT2D eigenvalue weighted by atomic mass is 9.69. The second-order valence-electron chi connectivity index (χ2n) is 7.04. The van der Waals surface area contributed by atoms with Crippen LogP contribution in [-0.2, 0) is 10.2 Å². The van der Waals surface area contributed by atoms with Crippen molar-refractivity contribution in [1.82, 2.24) is 10.1 Å². The highest BCUT2D eigenvalue weighted by Crippen LogP contribution is 2.47. The fraction of sp³-hybridized carbons (Fsp3) is 0.526. The Labute approximate surface area is 147 Å². The second-order valence-corrected chi connectivity index (χ2v) is 7.04. The van der Waals surface area contributed by atoms with Gasteiger partial charge in [-0.25, -0.2) is 0 Å². The Morgan fingerprint density at radius 3 is 2.76 bits per heavy atom. The minimum Gasteiger partial charge on any atom is -0.477 e. The number of ether oxygens (including phenoxy) is 1. The summed E-state index contributed by atoms with van der Waals surface area (Å²) in [4.78, 5) is 17.6. The average molecular weight is 341 g/mol. The highest BCUT2D eigenvalue weighted by Gasteiger charge is 2.43. The van der Waals surface area contributed by atoms with Gasteiger partial charge in [-0.15, -0.1) is 0 Å². The van der Waals surface area contributed by atoms with Crippen LogP contribution in [0, 0.1) is 0 Å². The number of carbonyl (C=O) groups excluding carboxylic acids is 1. The van der Waals surface area contributed by atoms with Crippen molar-refractivity contribution in [1.29, 1.82) is 0 Å². The van der Waals surface area contributed by atoms with Gasteiger partial charge in [0.15, 0.2) is 5.76 Å². The summed E-state index contributed by atoms with van der Waals surface area (Å²) in [6, 6.07) is 3.90. The Kier molecular flexibility index (Phi) is 4.19. The van der Waals surface area contributed by atoms with Crippen molar-refractivity contribution in [2.75, 3.05) is 12.4 Å². The first-order valence-electron chi connectivity index (χ1n) is 9.00. The molecule has 2 saturated carbocycles. The number of nitrogens with zero attached hydrogens (tertiary/aromatic N) is 2. The first kappa shape index (κ1) is 16.1. The van der Waals surface area contributed by atoms with Gasteiger partial charge in [0, 0.05) is 18.3 Å². The van der Waals surface area contributed by atoms with Gasteiger partial charge in [-0.1, -0.05) is 25.3 Å². The summed E-state index contributed by atoms with van der Waals surface area (Å²) in [5.41, 5.74) is 1.04. The highest BCUT2D eigenvalue weighted by molar-refractivity contribution is 6.00. The monoisotopic (exact) mass is 341 g/mol.